The van der Waals surface area contributed by atoms with Crippen molar-refractivity contribution in [3.63, 3.8) is 0 Å². The summed E-state index contributed by atoms with van der Waals surface area (Å²) in [4.78, 5) is 14.2. The van der Waals surface area contributed by atoms with Gasteiger partial charge in [0.15, 0.2) is 5.82 Å². The summed E-state index contributed by atoms with van der Waals surface area (Å²) in [5.41, 5.74) is 2.48. The molecule has 1 aliphatic rings. The lowest BCUT2D eigenvalue weighted by Crippen LogP contribution is -2.22. The zero-order valence-corrected chi connectivity index (χ0v) is 20.4. The minimum absolute atomic E-state index is 0.236. The Morgan fingerprint density at radius 1 is 1.12 bits per heavy atom. The Kier molecular flexibility index (Phi) is 6.17. The van der Waals surface area contributed by atoms with Crippen molar-refractivity contribution in [2.75, 3.05) is 37.8 Å². The Hall–Kier alpha value is -3.12. The van der Waals surface area contributed by atoms with Gasteiger partial charge in [-0.05, 0) is 60.8 Å². The first-order chi connectivity index (χ1) is 16.4. The van der Waals surface area contributed by atoms with Crippen LogP contribution >= 0.6 is 11.3 Å². The molecule has 176 valence electrons. The maximum Gasteiger partial charge on any atom is 0.242 e. The van der Waals surface area contributed by atoms with Gasteiger partial charge >= 0.3 is 0 Å². The molecule has 0 aliphatic carbocycles. The van der Waals surface area contributed by atoms with Gasteiger partial charge in [-0.15, -0.1) is 11.3 Å². The summed E-state index contributed by atoms with van der Waals surface area (Å²) >= 11 is 1.63. The maximum absolute atomic E-state index is 12.3. The Bertz CT molecular complexity index is 1410. The van der Waals surface area contributed by atoms with Crippen molar-refractivity contribution in [1.29, 1.82) is 0 Å². The number of rotatable bonds is 7. The zero-order chi connectivity index (χ0) is 23.7. The number of thiophene rings is 1. The van der Waals surface area contributed by atoms with Gasteiger partial charge in [0, 0.05) is 44.1 Å². The van der Waals surface area contributed by atoms with Gasteiger partial charge in [0.25, 0.3) is 0 Å². The average Bonchev–Trinajstić information content (AvgIpc) is 3.51. The number of nitrogens with one attached hydrogen (secondary N) is 3. The Labute approximate surface area is 202 Å². The molecule has 4 aromatic rings. The standard InChI is InChI=1S/C23H25N7O2S2/c1-30(2)34(31,32)18-5-3-16(4-6-18)26-20-13-15(7-11-25-20)22-28-19-9-12-33-21(19)23(29-22)27-17-8-10-24-14-17/h3-7,9,11-13,17,24H,8,10,14H2,1-2H3,(H,25,26)(H,27,28,29). The van der Waals surface area contributed by atoms with E-state index in [0.717, 1.165) is 46.8 Å². The summed E-state index contributed by atoms with van der Waals surface area (Å²) in [6.45, 7) is 1.93. The lowest BCUT2D eigenvalue weighted by atomic mass is 10.2. The van der Waals surface area contributed by atoms with E-state index in [1.165, 1.54) is 18.4 Å². The first kappa shape index (κ1) is 22.7. The molecule has 0 bridgehead atoms. The van der Waals surface area contributed by atoms with Gasteiger partial charge in [-0.1, -0.05) is 0 Å². The van der Waals surface area contributed by atoms with Crippen LogP contribution in [-0.4, -0.2) is 60.9 Å². The maximum atomic E-state index is 12.3. The first-order valence-electron chi connectivity index (χ1n) is 10.9. The lowest BCUT2D eigenvalue weighted by molar-refractivity contribution is 0.521. The summed E-state index contributed by atoms with van der Waals surface area (Å²) in [7, 11) is -0.447. The van der Waals surface area contributed by atoms with Gasteiger partial charge in [-0.25, -0.2) is 27.7 Å². The Balaban J connectivity index is 1.41. The first-order valence-corrected chi connectivity index (χ1v) is 13.2. The molecule has 4 heterocycles. The van der Waals surface area contributed by atoms with E-state index in [1.54, 1.807) is 41.8 Å². The summed E-state index contributed by atoms with van der Waals surface area (Å²) in [5, 5.41) is 12.2. The zero-order valence-electron chi connectivity index (χ0n) is 18.8. The molecule has 3 aromatic heterocycles. The number of aromatic nitrogens is 3. The fraction of sp³-hybridized carbons (Fsp3) is 0.261. The minimum Gasteiger partial charge on any atom is -0.365 e. The molecule has 1 saturated heterocycles. The number of hydrogen-bond donors (Lipinski definition) is 3. The van der Waals surface area contributed by atoms with Crippen molar-refractivity contribution < 1.29 is 8.42 Å². The fourth-order valence-electron chi connectivity index (χ4n) is 3.77. The molecule has 34 heavy (non-hydrogen) atoms. The number of sulfonamides is 1. The van der Waals surface area contributed by atoms with Gasteiger partial charge in [0.2, 0.25) is 10.0 Å². The van der Waals surface area contributed by atoms with Crippen LogP contribution < -0.4 is 16.0 Å². The predicted molar refractivity (Wildman–Crippen MR) is 136 cm³/mol. The highest BCUT2D eigenvalue weighted by Crippen LogP contribution is 2.31. The van der Waals surface area contributed by atoms with E-state index in [-0.39, 0.29) is 4.90 Å². The van der Waals surface area contributed by atoms with Crippen molar-refractivity contribution in [2.24, 2.45) is 0 Å². The molecular weight excluding hydrogens is 470 g/mol. The third kappa shape index (κ3) is 4.60. The number of hydrogen-bond acceptors (Lipinski definition) is 9. The summed E-state index contributed by atoms with van der Waals surface area (Å²) in [5.74, 6) is 2.09. The number of nitrogens with zero attached hydrogens (tertiary/aromatic N) is 4. The fourth-order valence-corrected chi connectivity index (χ4v) is 5.45. The van der Waals surface area contributed by atoms with E-state index in [1.807, 2.05) is 23.6 Å². The van der Waals surface area contributed by atoms with Crippen LogP contribution in [0.15, 0.2) is 58.9 Å². The molecule has 0 amide bonds. The molecular formula is C23H25N7O2S2. The van der Waals surface area contributed by atoms with Gasteiger partial charge < -0.3 is 16.0 Å². The van der Waals surface area contributed by atoms with Crippen LogP contribution in [0.2, 0.25) is 0 Å². The number of pyridine rings is 1. The predicted octanol–water partition coefficient (Wildman–Crippen LogP) is 3.52. The van der Waals surface area contributed by atoms with Crippen molar-refractivity contribution in [2.45, 2.75) is 17.4 Å². The smallest absolute Gasteiger partial charge is 0.242 e. The van der Waals surface area contributed by atoms with Crippen LogP contribution in [0.1, 0.15) is 6.42 Å². The quantitative estimate of drug-likeness (QED) is 0.357. The molecule has 0 spiro atoms. The van der Waals surface area contributed by atoms with E-state index in [0.29, 0.717) is 17.7 Å². The van der Waals surface area contributed by atoms with Crippen LogP contribution in [-0.2, 0) is 10.0 Å². The van der Waals surface area contributed by atoms with Gasteiger partial charge in [0.1, 0.15) is 11.6 Å². The molecule has 0 radical (unpaired) electrons. The van der Waals surface area contributed by atoms with E-state index < -0.39 is 10.0 Å². The van der Waals surface area contributed by atoms with Crippen LogP contribution in [0.25, 0.3) is 21.6 Å². The van der Waals surface area contributed by atoms with Crippen LogP contribution in [0, 0.1) is 0 Å². The van der Waals surface area contributed by atoms with Crippen molar-refractivity contribution in [1.82, 2.24) is 24.6 Å². The molecule has 5 rings (SSSR count). The lowest BCUT2D eigenvalue weighted by Gasteiger charge is -2.14. The molecule has 1 aliphatic heterocycles. The number of benzene rings is 1. The van der Waals surface area contributed by atoms with Gasteiger partial charge in [0.05, 0.1) is 15.1 Å². The Morgan fingerprint density at radius 2 is 1.94 bits per heavy atom. The van der Waals surface area contributed by atoms with E-state index in [9.17, 15) is 8.42 Å². The number of fused-ring (bicyclic) bond motifs is 1. The minimum atomic E-state index is -3.47. The topological polar surface area (TPSA) is 112 Å². The monoisotopic (exact) mass is 495 g/mol. The highest BCUT2D eigenvalue weighted by molar-refractivity contribution is 7.89. The molecule has 1 aromatic carbocycles. The summed E-state index contributed by atoms with van der Waals surface area (Å²) in [6.07, 6.45) is 2.77. The summed E-state index contributed by atoms with van der Waals surface area (Å²) in [6, 6.07) is 12.7. The third-order valence-electron chi connectivity index (χ3n) is 5.63. The van der Waals surface area contributed by atoms with E-state index in [2.05, 4.69) is 20.9 Å². The van der Waals surface area contributed by atoms with E-state index >= 15 is 0 Å². The van der Waals surface area contributed by atoms with Gasteiger partial charge in [-0.3, -0.25) is 0 Å². The van der Waals surface area contributed by atoms with Crippen molar-refractivity contribution in [3.05, 3.63) is 54.0 Å². The third-order valence-corrected chi connectivity index (χ3v) is 8.37. The molecule has 1 unspecified atom stereocenters. The average molecular weight is 496 g/mol. The van der Waals surface area contributed by atoms with Crippen LogP contribution in [0.5, 0.6) is 0 Å². The second-order valence-corrected chi connectivity index (χ2v) is 11.3. The normalized spacial score (nSPS) is 16.3. The molecule has 11 heteroatoms. The molecule has 3 N–H and O–H groups in total. The highest BCUT2D eigenvalue weighted by Gasteiger charge is 2.19. The second-order valence-electron chi connectivity index (χ2n) is 8.23. The largest absolute Gasteiger partial charge is 0.365 e. The molecule has 1 fully saturated rings. The molecule has 0 saturated carbocycles. The van der Waals surface area contributed by atoms with Gasteiger partial charge in [-0.2, -0.15) is 0 Å². The van der Waals surface area contributed by atoms with Crippen LogP contribution in [0.3, 0.4) is 0 Å². The van der Waals surface area contributed by atoms with Crippen molar-refractivity contribution in [3.8, 4) is 11.4 Å². The SMILES string of the molecule is CN(C)S(=O)(=O)c1ccc(Nc2cc(-c3nc(NC4CCNC4)c4sccc4n3)ccn2)cc1. The Morgan fingerprint density at radius 3 is 2.68 bits per heavy atom. The van der Waals surface area contributed by atoms with Crippen molar-refractivity contribution >= 4 is 48.9 Å². The van der Waals surface area contributed by atoms with Crippen LogP contribution in [0.4, 0.5) is 17.3 Å². The van der Waals surface area contributed by atoms with E-state index in [4.69, 9.17) is 9.97 Å². The molecule has 9 nitrogen and oxygen atoms in total. The highest BCUT2D eigenvalue weighted by atomic mass is 32.2. The second kappa shape index (κ2) is 9.26. The molecule has 1 atom stereocenters. The summed E-state index contributed by atoms with van der Waals surface area (Å²) < 4.78 is 26.8. The number of anilines is 3.